The molecule has 11 heteroatoms. The predicted octanol–water partition coefficient (Wildman–Crippen LogP) is 5.70. The normalized spacial score (nSPS) is 18.2. The van der Waals surface area contributed by atoms with Crippen molar-refractivity contribution < 1.29 is 14.3 Å². The minimum atomic E-state index is -1.25. The van der Waals surface area contributed by atoms with Crippen molar-refractivity contribution in [2.75, 3.05) is 19.8 Å². The number of carbonyl (C=O) groups excluding carboxylic acids is 1. The summed E-state index contributed by atoms with van der Waals surface area (Å²) in [7, 11) is -1.25. The third-order valence-electron chi connectivity index (χ3n) is 8.82. The lowest BCUT2D eigenvalue weighted by Crippen LogP contribution is -2.36. The quantitative estimate of drug-likeness (QED) is 0.168. The Balaban J connectivity index is 1.48. The molecule has 5 rings (SSSR count). The van der Waals surface area contributed by atoms with Gasteiger partial charge in [0.15, 0.2) is 17.3 Å². The van der Waals surface area contributed by atoms with Crippen LogP contribution in [0.15, 0.2) is 30.5 Å². The lowest BCUT2D eigenvalue weighted by Gasteiger charge is -2.36. The van der Waals surface area contributed by atoms with E-state index >= 15 is 0 Å². The van der Waals surface area contributed by atoms with Gasteiger partial charge in [-0.3, -0.25) is 4.79 Å². The van der Waals surface area contributed by atoms with E-state index in [9.17, 15) is 10.1 Å². The zero-order valence-corrected chi connectivity index (χ0v) is 27.1. The Bertz CT molecular complexity index is 1510. The molecule has 0 bridgehead atoms. The van der Waals surface area contributed by atoms with E-state index in [-0.39, 0.29) is 35.9 Å². The van der Waals surface area contributed by atoms with Gasteiger partial charge in [0.25, 0.3) is 0 Å². The van der Waals surface area contributed by atoms with Crippen LogP contribution in [0, 0.1) is 16.7 Å². The highest BCUT2D eigenvalue weighted by molar-refractivity contribution is 6.76. The van der Waals surface area contributed by atoms with E-state index in [4.69, 9.17) is 9.47 Å². The van der Waals surface area contributed by atoms with Crippen molar-refractivity contribution in [1.29, 1.82) is 5.26 Å². The predicted molar refractivity (Wildman–Crippen MR) is 166 cm³/mol. The highest BCUT2D eigenvalue weighted by Crippen LogP contribution is 2.43. The summed E-state index contributed by atoms with van der Waals surface area (Å²) < 4.78 is 13.3. The van der Waals surface area contributed by atoms with Crippen LogP contribution in [0.4, 0.5) is 0 Å². The van der Waals surface area contributed by atoms with E-state index in [0.717, 1.165) is 54.8 Å². The molecule has 0 radical (unpaired) electrons. The first-order valence-corrected chi connectivity index (χ1v) is 18.9. The van der Waals surface area contributed by atoms with Crippen LogP contribution < -0.4 is 0 Å². The number of tetrazole rings is 1. The SMILES string of the molecule is CC1(C)CC=C(c2cc(C3(c4nn[nH]n4)CCOCC3)ccc2CC(=O)c2nc(C#N)cn2COCC[Si](C)(C)C)CC1. The standard InChI is InChI=1S/C32H43N7O3Si/c1-31(2)10-8-23(9-11-31)27-19-25(32(12-14-41-15-13-32)30-35-37-38-36-30)7-6-24(27)18-28(40)29-34-26(20-33)21-39(29)22-42-16-17-43(3,4)5/h6-8,19,21H,9-18,22H2,1-5H3,(H,35,36,37,38). The number of rotatable bonds is 11. The number of H-pyrrole nitrogens is 1. The van der Waals surface area contributed by atoms with Gasteiger partial charge in [0.2, 0.25) is 5.78 Å². The van der Waals surface area contributed by atoms with Crippen molar-refractivity contribution in [3.8, 4) is 6.07 Å². The van der Waals surface area contributed by atoms with Gasteiger partial charge < -0.3 is 14.0 Å². The molecule has 1 aliphatic heterocycles. The molecule has 0 saturated carbocycles. The van der Waals surface area contributed by atoms with Gasteiger partial charge in [0, 0.05) is 40.5 Å². The number of carbonyl (C=O) groups is 1. The van der Waals surface area contributed by atoms with E-state index in [2.05, 4.69) is 89.4 Å². The number of allylic oxidation sites excluding steroid dienone is 2. The average Bonchev–Trinajstić information content (AvgIpc) is 3.67. The monoisotopic (exact) mass is 601 g/mol. The van der Waals surface area contributed by atoms with E-state index in [1.54, 1.807) is 10.8 Å². The lowest BCUT2D eigenvalue weighted by molar-refractivity contribution is 0.0604. The Morgan fingerprint density at radius 3 is 2.65 bits per heavy atom. The van der Waals surface area contributed by atoms with E-state index < -0.39 is 13.5 Å². The Kier molecular flexibility index (Phi) is 9.11. The van der Waals surface area contributed by atoms with Crippen LogP contribution in [0.2, 0.25) is 25.7 Å². The molecule has 228 valence electrons. The molecule has 1 aromatic carbocycles. The Hall–Kier alpha value is -3.46. The van der Waals surface area contributed by atoms with Gasteiger partial charge in [-0.15, -0.1) is 10.2 Å². The van der Waals surface area contributed by atoms with Crippen LogP contribution >= 0.6 is 0 Å². The van der Waals surface area contributed by atoms with Crippen molar-refractivity contribution in [3.63, 3.8) is 0 Å². The fourth-order valence-corrected chi connectivity index (χ4v) is 6.72. The number of Topliss-reactive ketones (excluding diaryl/α,β-unsaturated/α-hetero) is 1. The van der Waals surface area contributed by atoms with Crippen LogP contribution in [0.25, 0.3) is 5.57 Å². The molecule has 1 fully saturated rings. The topological polar surface area (TPSA) is 132 Å². The van der Waals surface area contributed by atoms with Gasteiger partial charge in [-0.2, -0.15) is 10.5 Å². The number of aromatic nitrogens is 6. The molecule has 0 amide bonds. The second kappa shape index (κ2) is 12.6. The van der Waals surface area contributed by atoms with Gasteiger partial charge in [-0.25, -0.2) is 4.98 Å². The highest BCUT2D eigenvalue weighted by Gasteiger charge is 2.41. The second-order valence-corrected chi connectivity index (χ2v) is 19.5. The zero-order chi connectivity index (χ0) is 30.7. The molecule has 10 nitrogen and oxygen atoms in total. The lowest BCUT2D eigenvalue weighted by atomic mass is 9.71. The maximum absolute atomic E-state index is 13.8. The summed E-state index contributed by atoms with van der Waals surface area (Å²) in [6, 6.07) is 9.52. The fraction of sp³-hybridized carbons (Fsp3) is 0.562. The summed E-state index contributed by atoms with van der Waals surface area (Å²) in [6.07, 6.45) is 8.61. The molecule has 0 atom stereocenters. The summed E-state index contributed by atoms with van der Waals surface area (Å²) in [5, 5.41) is 24.8. The number of aromatic amines is 1. The first-order valence-electron chi connectivity index (χ1n) is 15.2. The molecular weight excluding hydrogens is 558 g/mol. The summed E-state index contributed by atoms with van der Waals surface area (Å²) in [5.74, 6) is 0.788. The van der Waals surface area contributed by atoms with Crippen molar-refractivity contribution in [1.82, 2.24) is 30.2 Å². The molecule has 3 aromatic rings. The molecule has 1 aliphatic carbocycles. The highest BCUT2D eigenvalue weighted by atomic mass is 28.3. The zero-order valence-electron chi connectivity index (χ0n) is 26.1. The Labute approximate surface area is 254 Å². The summed E-state index contributed by atoms with van der Waals surface area (Å²) in [4.78, 5) is 18.2. The molecule has 2 aliphatic rings. The van der Waals surface area contributed by atoms with Gasteiger partial charge in [0.1, 0.15) is 12.8 Å². The number of hydrogen-bond donors (Lipinski definition) is 1. The minimum absolute atomic E-state index is 0.139. The van der Waals surface area contributed by atoms with Gasteiger partial charge in [0.05, 0.1) is 5.41 Å². The van der Waals surface area contributed by atoms with Gasteiger partial charge in [-0.05, 0) is 65.8 Å². The molecule has 1 N–H and O–H groups in total. The van der Waals surface area contributed by atoms with Crippen molar-refractivity contribution >= 4 is 19.4 Å². The first kappa shape index (κ1) is 31.0. The molecule has 1 saturated heterocycles. The second-order valence-electron chi connectivity index (χ2n) is 13.9. The van der Waals surface area contributed by atoms with Crippen LogP contribution in [-0.2, 0) is 28.0 Å². The van der Waals surface area contributed by atoms with Crippen LogP contribution in [-0.4, -0.2) is 63.9 Å². The largest absolute Gasteiger partial charge is 0.381 e. The fourth-order valence-electron chi connectivity index (χ4n) is 5.96. The maximum Gasteiger partial charge on any atom is 0.202 e. The van der Waals surface area contributed by atoms with Crippen LogP contribution in [0.3, 0.4) is 0 Å². The Morgan fingerprint density at radius 2 is 2.00 bits per heavy atom. The van der Waals surface area contributed by atoms with Crippen LogP contribution in [0.1, 0.15) is 84.8 Å². The average molecular weight is 602 g/mol. The Morgan fingerprint density at radius 1 is 1.21 bits per heavy atom. The molecule has 0 unspecified atom stereocenters. The number of ether oxygens (including phenoxy) is 2. The molecular formula is C32H43N7O3Si. The third-order valence-corrected chi connectivity index (χ3v) is 10.5. The van der Waals surface area contributed by atoms with E-state index in [0.29, 0.717) is 25.6 Å². The molecule has 3 heterocycles. The molecule has 0 spiro atoms. The van der Waals surface area contributed by atoms with Gasteiger partial charge in [-0.1, -0.05) is 63.0 Å². The maximum atomic E-state index is 13.8. The number of hydrogen-bond acceptors (Lipinski definition) is 8. The third kappa shape index (κ3) is 7.20. The van der Waals surface area contributed by atoms with Gasteiger partial charge >= 0.3 is 0 Å². The molecule has 2 aromatic heterocycles. The number of nitrogens with one attached hydrogen (secondary N) is 1. The number of benzene rings is 1. The van der Waals surface area contributed by atoms with Crippen LogP contribution in [0.5, 0.6) is 0 Å². The number of nitriles is 1. The number of ketones is 1. The van der Waals surface area contributed by atoms with E-state index in [1.165, 1.54) is 5.57 Å². The summed E-state index contributed by atoms with van der Waals surface area (Å²) in [6.45, 7) is 13.5. The summed E-state index contributed by atoms with van der Waals surface area (Å²) >= 11 is 0. The van der Waals surface area contributed by atoms with E-state index in [1.807, 2.05) is 0 Å². The van der Waals surface area contributed by atoms with Crippen molar-refractivity contribution in [2.24, 2.45) is 5.41 Å². The minimum Gasteiger partial charge on any atom is -0.381 e. The van der Waals surface area contributed by atoms with Crippen molar-refractivity contribution in [2.45, 2.75) is 90.2 Å². The molecule has 43 heavy (non-hydrogen) atoms. The summed E-state index contributed by atoms with van der Waals surface area (Å²) in [5.41, 5.74) is 4.45. The smallest absolute Gasteiger partial charge is 0.202 e. The first-order chi connectivity index (χ1) is 20.5. The number of imidazole rings is 1. The number of nitrogens with zero attached hydrogens (tertiary/aromatic N) is 6. The van der Waals surface area contributed by atoms with Crippen molar-refractivity contribution in [3.05, 3.63) is 64.5 Å².